The average Bonchev–Trinajstić information content (AvgIpc) is 2.70. The molecule has 2 atom stereocenters. The highest BCUT2D eigenvalue weighted by molar-refractivity contribution is 7.99. The van der Waals surface area contributed by atoms with Crippen molar-refractivity contribution in [3.8, 4) is 0 Å². The summed E-state index contributed by atoms with van der Waals surface area (Å²) < 4.78 is 32.1. The van der Waals surface area contributed by atoms with Gasteiger partial charge in [-0.3, -0.25) is 14.2 Å². The number of carbonyl (C=O) groups is 2. The van der Waals surface area contributed by atoms with Crippen molar-refractivity contribution < 1.29 is 42.1 Å². The van der Waals surface area contributed by atoms with Crippen molar-refractivity contribution in [2.24, 2.45) is 0 Å². The Kier molecular flexibility index (Phi) is 17.9. The molecule has 0 aromatic carbocycles. The zero-order valence-electron chi connectivity index (χ0n) is 20.8. The Hall–Kier alpha value is -0.900. The summed E-state index contributed by atoms with van der Waals surface area (Å²) in [5.74, 6) is -0.0543. The van der Waals surface area contributed by atoms with Gasteiger partial charge in [0.05, 0.1) is 33.5 Å². The number of quaternary nitrogens is 1. The molecule has 0 fully saturated rings. The smallest absolute Gasteiger partial charge is 0.316 e. The Morgan fingerprint density at radius 2 is 1.76 bits per heavy atom. The lowest BCUT2D eigenvalue weighted by atomic mass is 10.2. The lowest BCUT2D eigenvalue weighted by molar-refractivity contribution is -0.870. The van der Waals surface area contributed by atoms with Crippen LogP contribution in [0.25, 0.3) is 0 Å². The molecule has 0 aliphatic rings. The van der Waals surface area contributed by atoms with Crippen molar-refractivity contribution in [3.05, 3.63) is 12.2 Å². The van der Waals surface area contributed by atoms with Gasteiger partial charge in [0.1, 0.15) is 19.8 Å². The fourth-order valence-corrected chi connectivity index (χ4v) is 3.95. The van der Waals surface area contributed by atoms with Crippen molar-refractivity contribution in [2.45, 2.75) is 58.5 Å². The third-order valence-electron chi connectivity index (χ3n) is 4.19. The Bertz CT molecular complexity index is 624. The summed E-state index contributed by atoms with van der Waals surface area (Å²) in [7, 11) is 1.14. The summed E-state index contributed by atoms with van der Waals surface area (Å²) in [6.45, 7) is 2.99. The number of rotatable bonds is 20. The first kappa shape index (κ1) is 32.1. The van der Waals surface area contributed by atoms with Crippen LogP contribution in [-0.4, -0.2) is 81.5 Å². The number of hydrogen-bond acceptors (Lipinski definition) is 9. The molecule has 0 rings (SSSR count). The number of likely N-dealkylation sites (N-methyl/N-ethyl adjacent to an activating group) is 1. The lowest BCUT2D eigenvalue weighted by Crippen LogP contribution is -2.37. The second-order valence-corrected chi connectivity index (χ2v) is 11.2. The molecular weight excluding hydrogens is 469 g/mol. The maximum Gasteiger partial charge on any atom is 0.316 e. The summed E-state index contributed by atoms with van der Waals surface area (Å²) >= 11 is 1.48. The van der Waals surface area contributed by atoms with Crippen LogP contribution >= 0.6 is 19.6 Å². The highest BCUT2D eigenvalue weighted by Crippen LogP contribution is 2.38. The van der Waals surface area contributed by atoms with Crippen molar-refractivity contribution in [3.63, 3.8) is 0 Å². The zero-order valence-corrected chi connectivity index (χ0v) is 22.5. The predicted octanol–water partition coefficient (Wildman–Crippen LogP) is 3.32. The number of allylic oxidation sites excluding steroid dienone is 2. The summed E-state index contributed by atoms with van der Waals surface area (Å²) in [4.78, 5) is 35.1. The number of nitrogens with zero attached hydrogens (tertiary/aromatic N) is 1. The molecular formula is C22H42NO8PS. The van der Waals surface area contributed by atoms with Gasteiger partial charge in [-0.25, -0.2) is 0 Å². The number of hydrogen-bond donors (Lipinski definition) is 0. The molecule has 2 unspecified atom stereocenters. The van der Waals surface area contributed by atoms with Gasteiger partial charge in [0, 0.05) is 6.92 Å². The van der Waals surface area contributed by atoms with Gasteiger partial charge in [0.25, 0.3) is 7.82 Å². The van der Waals surface area contributed by atoms with E-state index < -0.39 is 32.5 Å². The number of carbonyl (C=O) groups excluding carboxylic acids is 2. The third-order valence-corrected chi connectivity index (χ3v) is 6.18. The van der Waals surface area contributed by atoms with E-state index in [-0.39, 0.29) is 19.0 Å². The summed E-state index contributed by atoms with van der Waals surface area (Å²) in [6, 6.07) is 0. The maximum absolute atomic E-state index is 11.9. The van der Waals surface area contributed by atoms with Crippen LogP contribution in [0.1, 0.15) is 52.4 Å². The van der Waals surface area contributed by atoms with Crippen molar-refractivity contribution >= 4 is 31.5 Å². The fraction of sp³-hybridized carbons (Fsp3) is 0.818. The van der Waals surface area contributed by atoms with Crippen LogP contribution in [0, 0.1) is 0 Å². The second-order valence-electron chi connectivity index (χ2n) is 8.67. The Morgan fingerprint density at radius 3 is 2.39 bits per heavy atom. The number of phosphoric acid groups is 1. The lowest BCUT2D eigenvalue weighted by Gasteiger charge is -2.28. The normalized spacial score (nSPS) is 14.7. The first-order valence-electron chi connectivity index (χ1n) is 11.4. The molecule has 0 aromatic rings. The Balaban J connectivity index is 4.12. The van der Waals surface area contributed by atoms with E-state index in [1.165, 1.54) is 25.1 Å². The van der Waals surface area contributed by atoms with E-state index in [1.54, 1.807) is 0 Å². The molecule has 0 bridgehead atoms. The van der Waals surface area contributed by atoms with Crippen molar-refractivity contribution in [2.75, 3.05) is 59.0 Å². The molecule has 0 aromatic heterocycles. The molecule has 9 nitrogen and oxygen atoms in total. The standard InChI is InChI=1S/C22H42NO8PS/c1-6-7-8-9-10-11-12-13-16-33-19-22(25)28-17-21(31-20(2)24)18-30-32(26,27)29-15-14-23(3,4)5/h8-9,21H,6-7,10-19H2,1-5H3/b9-8-. The topological polar surface area (TPSA) is 111 Å². The van der Waals surface area contributed by atoms with Crippen molar-refractivity contribution in [1.29, 1.82) is 0 Å². The molecule has 0 saturated carbocycles. The number of thioether (sulfide) groups is 1. The minimum atomic E-state index is -4.56. The van der Waals surface area contributed by atoms with Crippen LogP contribution in [0.3, 0.4) is 0 Å². The molecule has 0 amide bonds. The van der Waals surface area contributed by atoms with Crippen LogP contribution in [0.5, 0.6) is 0 Å². The molecule has 0 spiro atoms. The van der Waals surface area contributed by atoms with Crippen LogP contribution in [0.15, 0.2) is 12.2 Å². The van der Waals surface area contributed by atoms with Gasteiger partial charge in [-0.1, -0.05) is 31.9 Å². The first-order valence-corrected chi connectivity index (χ1v) is 14.0. The van der Waals surface area contributed by atoms with Gasteiger partial charge >= 0.3 is 11.9 Å². The molecule has 0 heterocycles. The molecule has 33 heavy (non-hydrogen) atoms. The third kappa shape index (κ3) is 22.6. The molecule has 0 aliphatic carbocycles. The average molecular weight is 512 g/mol. The van der Waals surface area contributed by atoms with E-state index in [9.17, 15) is 19.0 Å². The van der Waals surface area contributed by atoms with Gasteiger partial charge in [0.15, 0.2) is 6.10 Å². The largest absolute Gasteiger partial charge is 0.756 e. The Morgan fingerprint density at radius 1 is 1.06 bits per heavy atom. The monoisotopic (exact) mass is 511 g/mol. The van der Waals surface area contributed by atoms with Crippen LogP contribution in [0.4, 0.5) is 0 Å². The van der Waals surface area contributed by atoms with Crippen LogP contribution in [-0.2, 0) is 32.7 Å². The highest BCUT2D eigenvalue weighted by Gasteiger charge is 2.20. The van der Waals surface area contributed by atoms with Crippen molar-refractivity contribution in [1.82, 2.24) is 0 Å². The van der Waals surface area contributed by atoms with E-state index in [0.29, 0.717) is 11.0 Å². The summed E-state index contributed by atoms with van der Waals surface area (Å²) in [5, 5.41) is 0. The minimum Gasteiger partial charge on any atom is -0.756 e. The van der Waals surface area contributed by atoms with E-state index in [1.807, 2.05) is 21.1 Å². The number of ether oxygens (including phenoxy) is 2. The van der Waals surface area contributed by atoms with Gasteiger partial charge in [-0.15, -0.1) is 0 Å². The van der Waals surface area contributed by atoms with Crippen LogP contribution in [0.2, 0.25) is 0 Å². The maximum atomic E-state index is 11.9. The van der Waals surface area contributed by atoms with Gasteiger partial charge in [-0.2, -0.15) is 11.8 Å². The zero-order chi connectivity index (χ0) is 25.2. The highest BCUT2D eigenvalue weighted by atomic mass is 32.2. The number of unbranched alkanes of at least 4 members (excludes halogenated alkanes) is 4. The molecule has 0 aliphatic heterocycles. The fourth-order valence-electron chi connectivity index (χ4n) is 2.42. The molecule has 11 heteroatoms. The second kappa shape index (κ2) is 18.4. The van der Waals surface area contributed by atoms with E-state index in [2.05, 4.69) is 19.1 Å². The minimum absolute atomic E-state index is 0.0374. The van der Waals surface area contributed by atoms with E-state index in [0.717, 1.165) is 37.9 Å². The molecule has 0 N–H and O–H groups in total. The molecule has 0 radical (unpaired) electrons. The Labute approximate surface area is 203 Å². The van der Waals surface area contributed by atoms with E-state index >= 15 is 0 Å². The van der Waals surface area contributed by atoms with Crippen LogP contribution < -0.4 is 4.89 Å². The summed E-state index contributed by atoms with van der Waals surface area (Å²) in [6.07, 6.45) is 10.1. The SMILES string of the molecule is CCC/C=C\CCCCCSCC(=O)OCC(COP(=O)([O-])OCC[N+](C)(C)C)OC(C)=O. The predicted molar refractivity (Wildman–Crippen MR) is 129 cm³/mol. The molecule has 0 saturated heterocycles. The quantitative estimate of drug-likeness (QED) is 0.0799. The number of esters is 2. The van der Waals surface area contributed by atoms with Gasteiger partial charge < -0.3 is 27.9 Å². The molecule has 194 valence electrons. The van der Waals surface area contributed by atoms with E-state index in [4.69, 9.17) is 18.5 Å². The summed E-state index contributed by atoms with van der Waals surface area (Å²) in [5.41, 5.74) is 0. The number of phosphoric ester groups is 1. The van der Waals surface area contributed by atoms with Gasteiger partial charge in [0.2, 0.25) is 0 Å². The first-order chi connectivity index (χ1) is 15.4. The van der Waals surface area contributed by atoms with Gasteiger partial charge in [-0.05, 0) is 31.4 Å².